The van der Waals surface area contributed by atoms with Gasteiger partial charge in [-0.2, -0.15) is 0 Å². The van der Waals surface area contributed by atoms with Crippen LogP contribution in [0.2, 0.25) is 15.1 Å². The first-order chi connectivity index (χ1) is 20.6. The Hall–Kier alpha value is -3.48. The first kappa shape index (κ1) is 29.6. The molecule has 2 aliphatic heterocycles. The van der Waals surface area contributed by atoms with Crippen molar-refractivity contribution in [3.8, 4) is 11.5 Å². The Labute approximate surface area is 268 Å². The van der Waals surface area contributed by atoms with Crippen molar-refractivity contribution in [3.05, 3.63) is 95.8 Å². The summed E-state index contributed by atoms with van der Waals surface area (Å²) in [7, 11) is 1.45. The Kier molecular flexibility index (Phi) is 8.18. The molecule has 0 aliphatic carbocycles. The van der Waals surface area contributed by atoms with Gasteiger partial charge in [-0.25, -0.2) is 4.90 Å². The van der Waals surface area contributed by atoms with Crippen molar-refractivity contribution in [1.82, 2.24) is 4.98 Å². The Bertz CT molecular complexity index is 1830. The largest absolute Gasteiger partial charge is 0.493 e. The highest BCUT2D eigenvalue weighted by Gasteiger charge is 2.56. The normalized spacial score (nSPS) is 19.2. The smallest absolute Gasteiger partial charge is 0.305 e. The number of aromatic nitrogens is 1. The molecule has 6 rings (SSSR count). The van der Waals surface area contributed by atoms with Crippen molar-refractivity contribution < 1.29 is 23.9 Å². The van der Waals surface area contributed by atoms with E-state index in [0.29, 0.717) is 47.7 Å². The molecule has 14 heteroatoms. The number of H-pyrrole nitrogens is 1. The lowest BCUT2D eigenvalue weighted by Gasteiger charge is -2.30. The van der Waals surface area contributed by atoms with Crippen LogP contribution in [0, 0.1) is 5.92 Å². The highest BCUT2D eigenvalue weighted by molar-refractivity contribution is 8.00. The molecule has 220 valence electrons. The molecule has 1 fully saturated rings. The maximum absolute atomic E-state index is 13.9. The fraction of sp³-hybridized carbons (Fsp3) is 0.172. The average molecular weight is 677 g/mol. The fourth-order valence-electron chi connectivity index (χ4n) is 5.13. The van der Waals surface area contributed by atoms with E-state index in [4.69, 9.17) is 44.3 Å². The first-order valence-corrected chi connectivity index (χ1v) is 15.6. The molecule has 1 aromatic heterocycles. The summed E-state index contributed by atoms with van der Waals surface area (Å²) in [5.74, 6) is -1.97. The molecule has 4 aromatic rings. The minimum Gasteiger partial charge on any atom is -0.493 e. The molecule has 0 bridgehead atoms. The molecule has 9 nitrogen and oxygen atoms in total. The topological polar surface area (TPSA) is 118 Å². The van der Waals surface area contributed by atoms with Gasteiger partial charge in [-0.05, 0) is 60.2 Å². The molecule has 3 amide bonds. The van der Waals surface area contributed by atoms with Crippen LogP contribution in [-0.2, 0) is 14.4 Å². The van der Waals surface area contributed by atoms with E-state index < -0.39 is 23.0 Å². The minimum atomic E-state index is -0.777. The molecule has 3 heterocycles. The van der Waals surface area contributed by atoms with Gasteiger partial charge in [0.25, 0.3) is 5.91 Å². The zero-order chi connectivity index (χ0) is 30.4. The molecule has 0 saturated carbocycles. The van der Waals surface area contributed by atoms with E-state index in [2.05, 4.69) is 10.3 Å². The van der Waals surface area contributed by atoms with Gasteiger partial charge in [-0.1, -0.05) is 64.0 Å². The van der Waals surface area contributed by atoms with Gasteiger partial charge < -0.3 is 19.8 Å². The number of fused-ring (bicyclic) bond motifs is 2. The van der Waals surface area contributed by atoms with Gasteiger partial charge in [0, 0.05) is 21.5 Å². The molecule has 2 N–H and O–H groups in total. The number of carbonyl (C=O) groups excluding carboxylic acids is 3. The maximum atomic E-state index is 13.9. The van der Waals surface area contributed by atoms with Crippen LogP contribution in [0.5, 0.6) is 11.5 Å². The predicted molar refractivity (Wildman–Crippen MR) is 167 cm³/mol. The van der Waals surface area contributed by atoms with Crippen LogP contribution in [-0.4, -0.2) is 41.7 Å². The van der Waals surface area contributed by atoms with Gasteiger partial charge in [0.05, 0.1) is 33.8 Å². The molecule has 1 saturated heterocycles. The Morgan fingerprint density at radius 1 is 0.953 bits per heavy atom. The zero-order valence-electron chi connectivity index (χ0n) is 22.1. The Balaban J connectivity index is 1.28. The molecule has 3 aromatic carbocycles. The van der Waals surface area contributed by atoms with Gasteiger partial charge >= 0.3 is 4.87 Å². The standard InChI is InChI=1S/C29H20Cl3N3O6S2/c1-40-20-10-13(2-9-19(20)41-12-21(36)33-15-5-8-17(31)18(32)11-15)22-23-25(42-26-24(22)43-29(39)34-26)28(38)35(27(23)37)16-6-3-14(30)4-7-16/h2-11,22-23,25H,12H2,1H3,(H,33,36)(H,34,39)/t22-,23-,25+/m0/s1. The van der Waals surface area contributed by atoms with Crippen molar-refractivity contribution in [2.75, 3.05) is 23.9 Å². The second-order valence-electron chi connectivity index (χ2n) is 9.61. The van der Waals surface area contributed by atoms with Crippen molar-refractivity contribution >= 4 is 87.0 Å². The highest BCUT2D eigenvalue weighted by atomic mass is 35.5. The lowest BCUT2D eigenvalue weighted by atomic mass is 9.83. The first-order valence-electron chi connectivity index (χ1n) is 12.7. The Morgan fingerprint density at radius 3 is 2.44 bits per heavy atom. The maximum Gasteiger partial charge on any atom is 0.305 e. The van der Waals surface area contributed by atoms with Gasteiger partial charge in [0.1, 0.15) is 5.25 Å². The molecule has 0 spiro atoms. The van der Waals surface area contributed by atoms with Gasteiger partial charge in [0.2, 0.25) is 11.8 Å². The van der Waals surface area contributed by atoms with E-state index >= 15 is 0 Å². The second-order valence-corrected chi connectivity index (χ2v) is 13.0. The van der Waals surface area contributed by atoms with Crippen LogP contribution in [0.1, 0.15) is 16.4 Å². The lowest BCUT2D eigenvalue weighted by molar-refractivity contribution is -0.122. The molecule has 0 radical (unpaired) electrons. The summed E-state index contributed by atoms with van der Waals surface area (Å²) in [6.45, 7) is -0.326. The summed E-state index contributed by atoms with van der Waals surface area (Å²) in [6.07, 6.45) is 0. The van der Waals surface area contributed by atoms with Gasteiger partial charge in [0.15, 0.2) is 18.1 Å². The quantitative estimate of drug-likeness (QED) is 0.223. The minimum absolute atomic E-state index is 0.281. The van der Waals surface area contributed by atoms with E-state index in [-0.39, 0.29) is 29.0 Å². The van der Waals surface area contributed by atoms with Crippen LogP contribution in [0.3, 0.4) is 0 Å². The number of thiazole rings is 1. The third-order valence-electron chi connectivity index (χ3n) is 7.02. The van der Waals surface area contributed by atoms with E-state index in [1.165, 1.54) is 29.8 Å². The number of amides is 3. The van der Waals surface area contributed by atoms with E-state index in [1.54, 1.807) is 54.6 Å². The summed E-state index contributed by atoms with van der Waals surface area (Å²) in [4.78, 5) is 56.8. The third kappa shape index (κ3) is 5.63. The number of thioether (sulfide) groups is 1. The number of methoxy groups -OCH3 is 1. The number of hydrogen-bond donors (Lipinski definition) is 2. The zero-order valence-corrected chi connectivity index (χ0v) is 26.0. The molecular weight excluding hydrogens is 657 g/mol. The number of rotatable bonds is 7. The summed E-state index contributed by atoms with van der Waals surface area (Å²) in [6, 6.07) is 16.3. The number of benzene rings is 3. The average Bonchev–Trinajstić information content (AvgIpc) is 3.48. The van der Waals surface area contributed by atoms with Crippen molar-refractivity contribution in [2.45, 2.75) is 16.2 Å². The summed E-state index contributed by atoms with van der Waals surface area (Å²) in [5.41, 5.74) is 1.53. The predicted octanol–water partition coefficient (Wildman–Crippen LogP) is 6.22. The highest BCUT2D eigenvalue weighted by Crippen LogP contribution is 2.53. The lowest BCUT2D eigenvalue weighted by Crippen LogP contribution is -2.32. The molecule has 3 atom stereocenters. The van der Waals surface area contributed by atoms with Crippen molar-refractivity contribution in [3.63, 3.8) is 0 Å². The number of halogens is 3. The van der Waals surface area contributed by atoms with Crippen molar-refractivity contribution in [2.24, 2.45) is 5.92 Å². The van der Waals surface area contributed by atoms with Crippen LogP contribution < -0.4 is 24.6 Å². The van der Waals surface area contributed by atoms with Crippen LogP contribution >= 0.6 is 57.9 Å². The molecule has 2 aliphatic rings. The molecule has 0 unspecified atom stereocenters. The SMILES string of the molecule is COc1cc([C@@H]2c3sc(=O)[nH]c3S[C@H]3C(=O)N(c4ccc(Cl)cc4)C(=O)[C@@H]23)ccc1OCC(=O)Nc1ccc(Cl)c(Cl)c1. The van der Waals surface area contributed by atoms with Gasteiger partial charge in [-0.3, -0.25) is 19.2 Å². The molecule has 43 heavy (non-hydrogen) atoms. The second kappa shape index (κ2) is 11.9. The fourth-order valence-corrected chi connectivity index (χ4v) is 8.07. The van der Waals surface area contributed by atoms with E-state index in [9.17, 15) is 19.2 Å². The number of ether oxygens (including phenoxy) is 2. The third-order valence-corrected chi connectivity index (χ3v) is 10.4. The van der Waals surface area contributed by atoms with Crippen molar-refractivity contribution in [1.29, 1.82) is 0 Å². The molecular formula is C29H20Cl3N3O6S2. The summed E-state index contributed by atoms with van der Waals surface area (Å²) < 4.78 is 11.3. The van der Waals surface area contributed by atoms with Crippen LogP contribution in [0.4, 0.5) is 11.4 Å². The van der Waals surface area contributed by atoms with E-state index in [0.717, 1.165) is 11.3 Å². The van der Waals surface area contributed by atoms with Crippen LogP contribution in [0.25, 0.3) is 0 Å². The number of nitrogens with one attached hydrogen (secondary N) is 2. The number of nitrogens with zero attached hydrogens (tertiary/aromatic N) is 1. The number of imide groups is 1. The van der Waals surface area contributed by atoms with Crippen LogP contribution in [0.15, 0.2) is 70.5 Å². The number of anilines is 2. The summed E-state index contributed by atoms with van der Waals surface area (Å²) in [5, 5.41) is 3.63. The summed E-state index contributed by atoms with van der Waals surface area (Å²) >= 11 is 20.2. The van der Waals surface area contributed by atoms with E-state index in [1.807, 2.05) is 0 Å². The number of aromatic amines is 1. The number of hydrogen-bond acceptors (Lipinski definition) is 8. The monoisotopic (exact) mass is 675 g/mol. The Morgan fingerprint density at radius 2 is 1.72 bits per heavy atom. The number of carbonyl (C=O) groups is 3. The van der Waals surface area contributed by atoms with Gasteiger partial charge in [-0.15, -0.1) is 0 Å².